The quantitative estimate of drug-likeness (QED) is 0.657. The normalized spacial score (nSPS) is 16.0. The third-order valence-electron chi connectivity index (χ3n) is 5.10. The van der Waals surface area contributed by atoms with Crippen molar-refractivity contribution >= 4 is 0 Å². The number of aliphatic hydroxyl groups excluding tert-OH is 1. The Labute approximate surface area is 163 Å². The Balaban J connectivity index is 1.46. The molecule has 2 N–H and O–H groups in total. The molecule has 2 aromatic carbocycles. The minimum atomic E-state index is -0.257. The van der Waals surface area contributed by atoms with Gasteiger partial charge in [0.15, 0.2) is 0 Å². The molecule has 1 atom stereocenters. The number of aliphatic hydroxyl groups is 1. The zero-order valence-corrected chi connectivity index (χ0v) is 15.6. The van der Waals surface area contributed by atoms with E-state index in [1.165, 1.54) is 6.07 Å². The van der Waals surface area contributed by atoms with E-state index in [9.17, 15) is 4.39 Å². The molecule has 3 aromatic rings. The van der Waals surface area contributed by atoms with Crippen molar-refractivity contribution in [3.63, 3.8) is 0 Å². The van der Waals surface area contributed by atoms with Crippen LogP contribution < -0.4 is 10.1 Å². The molecular formula is C22H24FN3O2. The lowest BCUT2D eigenvalue weighted by Crippen LogP contribution is -2.25. The highest BCUT2D eigenvalue weighted by Crippen LogP contribution is 2.31. The summed E-state index contributed by atoms with van der Waals surface area (Å²) in [4.78, 5) is 0. The Hall–Kier alpha value is -2.70. The van der Waals surface area contributed by atoms with Crippen LogP contribution in [0, 0.1) is 5.82 Å². The molecule has 0 amide bonds. The maximum absolute atomic E-state index is 14.2. The van der Waals surface area contributed by atoms with Crippen LogP contribution in [0.3, 0.4) is 0 Å². The van der Waals surface area contributed by atoms with Crippen molar-refractivity contribution in [2.24, 2.45) is 0 Å². The van der Waals surface area contributed by atoms with Crippen molar-refractivity contribution in [3.8, 4) is 11.4 Å². The number of nitrogens with one attached hydrogen (secondary N) is 1. The van der Waals surface area contributed by atoms with E-state index in [0.29, 0.717) is 12.3 Å². The van der Waals surface area contributed by atoms with Gasteiger partial charge in [0.25, 0.3) is 0 Å². The van der Waals surface area contributed by atoms with E-state index in [1.54, 1.807) is 16.8 Å². The fourth-order valence-electron chi connectivity index (χ4n) is 3.71. The molecular weight excluding hydrogens is 357 g/mol. The smallest absolute Gasteiger partial charge is 0.148 e. The van der Waals surface area contributed by atoms with Gasteiger partial charge < -0.3 is 15.2 Å². The Morgan fingerprint density at radius 3 is 2.79 bits per heavy atom. The number of para-hydroxylation sites is 1. The van der Waals surface area contributed by atoms with Gasteiger partial charge in [-0.05, 0) is 49.1 Å². The lowest BCUT2D eigenvalue weighted by atomic mass is 9.92. The van der Waals surface area contributed by atoms with Gasteiger partial charge in [0, 0.05) is 23.8 Å². The highest BCUT2D eigenvalue weighted by molar-refractivity contribution is 5.38. The van der Waals surface area contributed by atoms with Crippen molar-refractivity contribution in [2.75, 3.05) is 13.2 Å². The molecule has 28 heavy (non-hydrogen) atoms. The number of ether oxygens (including phenoxy) is 1. The number of hydrogen-bond acceptors (Lipinski definition) is 4. The predicted molar refractivity (Wildman–Crippen MR) is 105 cm³/mol. The van der Waals surface area contributed by atoms with Crippen LogP contribution in [-0.4, -0.2) is 28.1 Å². The van der Waals surface area contributed by atoms with Gasteiger partial charge in [0.1, 0.15) is 23.9 Å². The summed E-state index contributed by atoms with van der Waals surface area (Å²) < 4.78 is 21.3. The zero-order chi connectivity index (χ0) is 19.3. The first kappa shape index (κ1) is 18.7. The van der Waals surface area contributed by atoms with Gasteiger partial charge in [-0.3, -0.25) is 0 Å². The van der Waals surface area contributed by atoms with Gasteiger partial charge >= 0.3 is 0 Å². The van der Waals surface area contributed by atoms with Crippen LogP contribution in [0.2, 0.25) is 0 Å². The van der Waals surface area contributed by atoms with Crippen LogP contribution in [0.5, 0.6) is 5.75 Å². The van der Waals surface area contributed by atoms with Crippen molar-refractivity contribution in [1.82, 2.24) is 15.1 Å². The lowest BCUT2D eigenvalue weighted by molar-refractivity contribution is 0.201. The molecule has 1 aliphatic carbocycles. The molecule has 0 saturated carbocycles. The monoisotopic (exact) mass is 381 g/mol. The molecule has 1 heterocycles. The van der Waals surface area contributed by atoms with Gasteiger partial charge in [-0.1, -0.05) is 24.3 Å². The molecule has 0 unspecified atom stereocenters. The van der Waals surface area contributed by atoms with Crippen LogP contribution in [0.15, 0.2) is 54.7 Å². The Morgan fingerprint density at radius 1 is 1.18 bits per heavy atom. The third-order valence-corrected chi connectivity index (χ3v) is 5.10. The van der Waals surface area contributed by atoms with Crippen molar-refractivity contribution in [3.05, 3.63) is 77.4 Å². The predicted octanol–water partition coefficient (Wildman–Crippen LogP) is 3.55. The second-order valence-electron chi connectivity index (χ2n) is 6.95. The van der Waals surface area contributed by atoms with Crippen LogP contribution >= 0.6 is 0 Å². The first-order valence-electron chi connectivity index (χ1n) is 9.64. The van der Waals surface area contributed by atoms with Gasteiger partial charge in [-0.2, -0.15) is 5.10 Å². The summed E-state index contributed by atoms with van der Waals surface area (Å²) >= 11 is 0. The molecule has 0 radical (unpaired) electrons. The average Bonchev–Trinajstić information content (AvgIpc) is 3.16. The molecule has 0 fully saturated rings. The molecule has 0 bridgehead atoms. The van der Waals surface area contributed by atoms with Crippen molar-refractivity contribution in [2.45, 2.75) is 31.8 Å². The number of nitrogens with zero attached hydrogens (tertiary/aromatic N) is 2. The number of aromatic nitrogens is 2. The molecule has 4 rings (SSSR count). The number of rotatable bonds is 7. The van der Waals surface area contributed by atoms with Gasteiger partial charge in [-0.25, -0.2) is 9.07 Å². The lowest BCUT2D eigenvalue weighted by Gasteiger charge is -2.24. The number of halogens is 1. The summed E-state index contributed by atoms with van der Waals surface area (Å²) in [5.74, 6) is 0.496. The van der Waals surface area contributed by atoms with Crippen molar-refractivity contribution in [1.29, 1.82) is 0 Å². The summed E-state index contributed by atoms with van der Waals surface area (Å²) in [6, 6.07) is 14.8. The van der Waals surface area contributed by atoms with Gasteiger partial charge in [-0.15, -0.1) is 0 Å². The highest BCUT2D eigenvalue weighted by Gasteiger charge is 2.25. The molecule has 5 nitrogen and oxygen atoms in total. The summed E-state index contributed by atoms with van der Waals surface area (Å²) in [5.41, 5.74) is 3.90. The highest BCUT2D eigenvalue weighted by atomic mass is 19.1. The summed E-state index contributed by atoms with van der Waals surface area (Å²) in [6.45, 7) is 1.04. The maximum atomic E-state index is 14.2. The van der Waals surface area contributed by atoms with E-state index < -0.39 is 0 Å². The summed E-state index contributed by atoms with van der Waals surface area (Å²) in [6.07, 6.45) is 4.84. The van der Waals surface area contributed by atoms with E-state index in [2.05, 4.69) is 10.4 Å². The fourth-order valence-corrected chi connectivity index (χ4v) is 3.71. The van der Waals surface area contributed by atoms with E-state index in [0.717, 1.165) is 48.4 Å². The standard InChI is InChI=1S/C22H24FN3O2/c23-19-4-1-2-6-22(19)26-21-7-3-5-20(18(21)15-25-26)24-14-16-8-10-17(11-9-16)28-13-12-27/h1-2,4,6,8-11,15,20,24,27H,3,5,7,12-14H2/t20-/m0/s1. The maximum Gasteiger partial charge on any atom is 0.148 e. The second-order valence-corrected chi connectivity index (χ2v) is 6.95. The Kier molecular flexibility index (Phi) is 5.69. The molecule has 146 valence electrons. The first-order chi connectivity index (χ1) is 13.8. The zero-order valence-electron chi connectivity index (χ0n) is 15.6. The molecule has 0 saturated heterocycles. The largest absolute Gasteiger partial charge is 0.491 e. The van der Waals surface area contributed by atoms with Crippen LogP contribution in [0.1, 0.15) is 35.7 Å². The topological polar surface area (TPSA) is 59.3 Å². The third kappa shape index (κ3) is 3.93. The van der Waals surface area contributed by atoms with Gasteiger partial charge in [0.2, 0.25) is 0 Å². The van der Waals surface area contributed by atoms with E-state index in [4.69, 9.17) is 9.84 Å². The molecule has 6 heteroatoms. The van der Waals surface area contributed by atoms with Crippen LogP contribution in [0.4, 0.5) is 4.39 Å². The SMILES string of the molecule is OCCOc1ccc(CN[C@H]2CCCc3c2cnn3-c2ccccc2F)cc1. The van der Waals surface area contributed by atoms with Crippen LogP contribution in [0.25, 0.3) is 5.69 Å². The van der Waals surface area contributed by atoms with E-state index >= 15 is 0 Å². The van der Waals surface area contributed by atoms with Crippen LogP contribution in [-0.2, 0) is 13.0 Å². The molecule has 0 aliphatic heterocycles. The second kappa shape index (κ2) is 8.54. The average molecular weight is 381 g/mol. The Morgan fingerprint density at radius 2 is 2.00 bits per heavy atom. The first-order valence-corrected chi connectivity index (χ1v) is 9.64. The molecule has 1 aromatic heterocycles. The van der Waals surface area contributed by atoms with Crippen molar-refractivity contribution < 1.29 is 14.2 Å². The summed E-state index contributed by atoms with van der Waals surface area (Å²) in [5, 5.41) is 16.9. The Bertz CT molecular complexity index is 924. The minimum absolute atomic E-state index is 0.00782. The van der Waals surface area contributed by atoms with Gasteiger partial charge in [0.05, 0.1) is 12.8 Å². The number of fused-ring (bicyclic) bond motifs is 1. The molecule has 0 spiro atoms. The number of benzene rings is 2. The minimum Gasteiger partial charge on any atom is -0.491 e. The van der Waals surface area contributed by atoms with E-state index in [-0.39, 0.29) is 18.5 Å². The molecule has 1 aliphatic rings. The fraction of sp³-hybridized carbons (Fsp3) is 0.318. The summed E-state index contributed by atoms with van der Waals surface area (Å²) in [7, 11) is 0. The van der Waals surface area contributed by atoms with E-state index in [1.807, 2.05) is 36.5 Å². The number of hydrogen-bond donors (Lipinski definition) is 2.